The number of halogens is 2. The molecule has 1 heterocycles. The molecule has 0 saturated heterocycles. The number of rotatable bonds is 2. The van der Waals surface area contributed by atoms with E-state index in [1.54, 1.807) is 24.3 Å². The van der Waals surface area contributed by atoms with Gasteiger partial charge in [-0.2, -0.15) is 5.26 Å². The van der Waals surface area contributed by atoms with Crippen LogP contribution in [0.5, 0.6) is 11.6 Å². The third-order valence-corrected chi connectivity index (χ3v) is 2.41. The molecule has 0 aliphatic heterocycles. The molecule has 0 spiro atoms. The molecule has 0 fully saturated rings. The Morgan fingerprint density at radius 1 is 1.29 bits per heavy atom. The van der Waals surface area contributed by atoms with Crippen molar-refractivity contribution in [2.24, 2.45) is 0 Å². The second-order valence-corrected chi connectivity index (χ2v) is 4.09. The van der Waals surface area contributed by atoms with Crippen molar-refractivity contribution in [3.8, 4) is 17.7 Å². The average molecular weight is 293 g/mol. The zero-order chi connectivity index (χ0) is 12.3. The second-order valence-electron chi connectivity index (χ2n) is 3.18. The molecule has 17 heavy (non-hydrogen) atoms. The third-order valence-electron chi connectivity index (χ3n) is 1.97. The summed E-state index contributed by atoms with van der Waals surface area (Å²) in [5, 5.41) is 8.62. The van der Waals surface area contributed by atoms with E-state index in [-0.39, 0.29) is 5.88 Å². The Hall–Kier alpha value is -1.93. The fourth-order valence-corrected chi connectivity index (χ4v) is 1.49. The fraction of sp³-hybridized carbons (Fsp3) is 0. The van der Waals surface area contributed by atoms with Gasteiger partial charge in [-0.05, 0) is 46.3 Å². The maximum atomic E-state index is 13.4. The van der Waals surface area contributed by atoms with Crippen LogP contribution in [0.3, 0.4) is 0 Å². The summed E-state index contributed by atoms with van der Waals surface area (Å²) in [5.41, 5.74) is 0.515. The molecular formula is C12H6BrFN2O. The van der Waals surface area contributed by atoms with E-state index in [9.17, 15) is 4.39 Å². The van der Waals surface area contributed by atoms with Gasteiger partial charge in [0.05, 0.1) is 11.6 Å². The molecular weight excluding hydrogens is 287 g/mol. The Morgan fingerprint density at radius 2 is 2.00 bits per heavy atom. The highest BCUT2D eigenvalue weighted by molar-refractivity contribution is 9.10. The van der Waals surface area contributed by atoms with Gasteiger partial charge >= 0.3 is 0 Å². The van der Waals surface area contributed by atoms with Crippen LogP contribution in [0.25, 0.3) is 0 Å². The van der Waals surface area contributed by atoms with Crippen LogP contribution in [0, 0.1) is 17.1 Å². The van der Waals surface area contributed by atoms with Crippen molar-refractivity contribution in [3.63, 3.8) is 0 Å². The number of nitriles is 1. The Kier molecular flexibility index (Phi) is 3.35. The van der Waals surface area contributed by atoms with Crippen LogP contribution in [-0.2, 0) is 0 Å². The van der Waals surface area contributed by atoms with Gasteiger partial charge in [0.15, 0.2) is 5.82 Å². The quantitative estimate of drug-likeness (QED) is 0.849. The second kappa shape index (κ2) is 4.93. The van der Waals surface area contributed by atoms with Gasteiger partial charge in [0.1, 0.15) is 5.75 Å². The number of hydrogen-bond acceptors (Lipinski definition) is 3. The molecule has 5 heteroatoms. The standard InChI is InChI=1S/C12H6BrFN2O/c13-9-5-11(14)12(16-7-9)17-10-3-1-8(6-15)2-4-10/h1-5,7H. The van der Waals surface area contributed by atoms with Crippen LogP contribution < -0.4 is 4.74 Å². The van der Waals surface area contributed by atoms with E-state index in [2.05, 4.69) is 20.9 Å². The zero-order valence-corrected chi connectivity index (χ0v) is 10.1. The average Bonchev–Trinajstić information content (AvgIpc) is 2.34. The third kappa shape index (κ3) is 2.80. The van der Waals surface area contributed by atoms with Crippen molar-refractivity contribution in [2.75, 3.05) is 0 Å². The molecule has 2 aromatic rings. The monoisotopic (exact) mass is 292 g/mol. The Morgan fingerprint density at radius 3 is 2.59 bits per heavy atom. The number of hydrogen-bond donors (Lipinski definition) is 0. The van der Waals surface area contributed by atoms with Crippen LogP contribution >= 0.6 is 15.9 Å². The molecule has 0 amide bonds. The first-order valence-electron chi connectivity index (χ1n) is 4.68. The summed E-state index contributed by atoms with van der Waals surface area (Å²) in [7, 11) is 0. The van der Waals surface area contributed by atoms with E-state index in [1.165, 1.54) is 12.3 Å². The summed E-state index contributed by atoms with van der Waals surface area (Å²) in [6.45, 7) is 0. The minimum Gasteiger partial charge on any atom is -0.436 e. The maximum absolute atomic E-state index is 13.4. The van der Waals surface area contributed by atoms with Crippen molar-refractivity contribution >= 4 is 15.9 Å². The summed E-state index contributed by atoms with van der Waals surface area (Å²) in [6, 6.07) is 9.60. The molecule has 0 N–H and O–H groups in total. The smallest absolute Gasteiger partial charge is 0.255 e. The molecule has 0 bridgehead atoms. The number of ether oxygens (including phenoxy) is 1. The van der Waals surface area contributed by atoms with Gasteiger partial charge in [0.25, 0.3) is 5.88 Å². The SMILES string of the molecule is N#Cc1ccc(Oc2ncc(Br)cc2F)cc1. The molecule has 0 aliphatic carbocycles. The molecule has 0 saturated carbocycles. The van der Waals surface area contributed by atoms with Crippen molar-refractivity contribution < 1.29 is 9.13 Å². The van der Waals surface area contributed by atoms with Gasteiger partial charge in [0, 0.05) is 10.7 Å². The fourth-order valence-electron chi connectivity index (χ4n) is 1.19. The Bertz CT molecular complexity index is 578. The lowest BCUT2D eigenvalue weighted by atomic mass is 10.2. The highest BCUT2D eigenvalue weighted by Crippen LogP contribution is 2.24. The van der Waals surface area contributed by atoms with Crippen LogP contribution in [0.2, 0.25) is 0 Å². The lowest BCUT2D eigenvalue weighted by Gasteiger charge is -2.05. The van der Waals surface area contributed by atoms with Gasteiger partial charge in [0.2, 0.25) is 0 Å². The normalized spacial score (nSPS) is 9.71. The molecule has 2 rings (SSSR count). The van der Waals surface area contributed by atoms with E-state index < -0.39 is 5.82 Å². The van der Waals surface area contributed by atoms with E-state index in [1.807, 2.05) is 6.07 Å². The lowest BCUT2D eigenvalue weighted by Crippen LogP contribution is -1.91. The summed E-state index contributed by atoms with van der Waals surface area (Å²) >= 11 is 3.11. The largest absolute Gasteiger partial charge is 0.436 e. The molecule has 0 unspecified atom stereocenters. The minimum atomic E-state index is -0.552. The van der Waals surface area contributed by atoms with E-state index in [0.29, 0.717) is 15.8 Å². The topological polar surface area (TPSA) is 45.9 Å². The predicted molar refractivity (Wildman–Crippen MR) is 63.1 cm³/mol. The maximum Gasteiger partial charge on any atom is 0.255 e. The first-order valence-corrected chi connectivity index (χ1v) is 5.47. The summed E-state index contributed by atoms with van der Waals surface area (Å²) in [4.78, 5) is 3.81. The van der Waals surface area contributed by atoms with Gasteiger partial charge < -0.3 is 4.74 Å². The number of benzene rings is 1. The van der Waals surface area contributed by atoms with Crippen molar-refractivity contribution in [1.82, 2.24) is 4.98 Å². The number of aromatic nitrogens is 1. The van der Waals surface area contributed by atoms with Crippen LogP contribution in [-0.4, -0.2) is 4.98 Å². The first kappa shape index (κ1) is 11.6. The van der Waals surface area contributed by atoms with Gasteiger partial charge in [-0.3, -0.25) is 0 Å². The molecule has 1 aromatic heterocycles. The number of nitrogens with zero attached hydrogens (tertiary/aromatic N) is 2. The molecule has 0 aliphatic rings. The van der Waals surface area contributed by atoms with Gasteiger partial charge in [-0.1, -0.05) is 0 Å². The van der Waals surface area contributed by atoms with Gasteiger partial charge in [-0.25, -0.2) is 9.37 Å². The first-order chi connectivity index (χ1) is 8.19. The highest BCUT2D eigenvalue weighted by atomic mass is 79.9. The van der Waals surface area contributed by atoms with E-state index in [4.69, 9.17) is 10.00 Å². The zero-order valence-electron chi connectivity index (χ0n) is 8.52. The summed E-state index contributed by atoms with van der Waals surface area (Å²) < 4.78 is 19.2. The number of pyridine rings is 1. The summed E-state index contributed by atoms with van der Waals surface area (Å²) in [5.74, 6) is -0.223. The molecule has 84 valence electrons. The molecule has 3 nitrogen and oxygen atoms in total. The van der Waals surface area contributed by atoms with Crippen LogP contribution in [0.1, 0.15) is 5.56 Å². The molecule has 0 atom stereocenters. The molecule has 0 radical (unpaired) electrons. The minimum absolute atomic E-state index is 0.0992. The van der Waals surface area contributed by atoms with E-state index >= 15 is 0 Å². The Balaban J connectivity index is 2.23. The lowest BCUT2D eigenvalue weighted by molar-refractivity contribution is 0.422. The van der Waals surface area contributed by atoms with Crippen molar-refractivity contribution in [3.05, 3.63) is 52.4 Å². The van der Waals surface area contributed by atoms with Crippen molar-refractivity contribution in [2.45, 2.75) is 0 Å². The highest BCUT2D eigenvalue weighted by Gasteiger charge is 2.06. The predicted octanol–water partition coefficient (Wildman–Crippen LogP) is 3.65. The van der Waals surface area contributed by atoms with E-state index in [0.717, 1.165) is 0 Å². The van der Waals surface area contributed by atoms with Crippen LogP contribution in [0.15, 0.2) is 41.0 Å². The molecule has 1 aromatic carbocycles. The van der Waals surface area contributed by atoms with Crippen molar-refractivity contribution in [1.29, 1.82) is 5.26 Å². The summed E-state index contributed by atoms with van der Waals surface area (Å²) in [6.07, 6.45) is 1.45. The van der Waals surface area contributed by atoms with Crippen LogP contribution in [0.4, 0.5) is 4.39 Å². The van der Waals surface area contributed by atoms with Gasteiger partial charge in [-0.15, -0.1) is 0 Å². The Labute approximate surface area is 106 Å².